The normalized spacial score (nSPS) is 14.3. The van der Waals surface area contributed by atoms with E-state index in [2.05, 4.69) is 86.4 Å². The molecule has 0 saturated carbocycles. The number of aromatic nitrogens is 2. The van der Waals surface area contributed by atoms with E-state index in [9.17, 15) is 0 Å². The Morgan fingerprint density at radius 2 is 1.84 bits per heavy atom. The quantitative estimate of drug-likeness (QED) is 0.593. The van der Waals surface area contributed by atoms with Crippen LogP contribution in [-0.2, 0) is 13.0 Å². The third-order valence-electron chi connectivity index (χ3n) is 5.23. The molecule has 3 aromatic rings. The minimum atomic E-state index is 0.828. The Balaban J connectivity index is 0.000000504. The van der Waals surface area contributed by atoms with Gasteiger partial charge < -0.3 is 15.1 Å². The highest BCUT2D eigenvalue weighted by atomic mass is 32.1. The Morgan fingerprint density at radius 1 is 1.06 bits per heavy atom. The number of nitrogens with zero attached hydrogens (tertiary/aromatic N) is 5. The van der Waals surface area contributed by atoms with E-state index in [0.29, 0.717) is 0 Å². The van der Waals surface area contributed by atoms with Gasteiger partial charge in [-0.2, -0.15) is 17.9 Å². The number of nitriles is 1. The van der Waals surface area contributed by atoms with Crippen molar-refractivity contribution in [2.45, 2.75) is 19.9 Å². The monoisotopic (exact) mass is 432 g/mol. The largest absolute Gasteiger partial charge is 0.388 e. The third-order valence-corrected chi connectivity index (χ3v) is 5.23. The van der Waals surface area contributed by atoms with Crippen LogP contribution in [0.1, 0.15) is 18.2 Å². The highest BCUT2D eigenvalue weighted by molar-refractivity contribution is 7.79. The number of benzene rings is 2. The molecule has 0 aliphatic carbocycles. The Hall–Kier alpha value is -3.24. The molecule has 31 heavy (non-hydrogen) atoms. The zero-order chi connectivity index (χ0) is 22.1. The van der Waals surface area contributed by atoms with Crippen LogP contribution in [0.4, 0.5) is 11.5 Å². The maximum absolute atomic E-state index is 7.32. The van der Waals surface area contributed by atoms with E-state index in [-0.39, 0.29) is 0 Å². The van der Waals surface area contributed by atoms with Crippen LogP contribution >= 0.6 is 12.6 Å². The van der Waals surface area contributed by atoms with Gasteiger partial charge in [0, 0.05) is 55.6 Å². The van der Waals surface area contributed by atoms with E-state index in [1.165, 1.54) is 28.9 Å². The number of fused-ring (bicyclic) bond motifs is 2. The first-order chi connectivity index (χ1) is 15.3. The lowest BCUT2D eigenvalue weighted by atomic mass is 10.0. The standard InChI is InChI=1S/C21H21N5.C2H3N.CH4S/c1-2-6-17-16(4-1)5-3-7-20(17)26-11-8-18-19(14-26)23-15-24-21(18)25-12-9-22-10-13-25;1-2-3;1-2/h1-7,9,12,15,22H,8,10-11,13-14H2;1H3;2H,1H3. The second-order valence-corrected chi connectivity index (χ2v) is 6.98. The fourth-order valence-corrected chi connectivity index (χ4v) is 3.94. The number of hydrogen-bond donors (Lipinski definition) is 2. The molecule has 0 saturated heterocycles. The van der Waals surface area contributed by atoms with E-state index in [1.54, 1.807) is 18.7 Å². The summed E-state index contributed by atoms with van der Waals surface area (Å²) >= 11 is 3.53. The Labute approximate surface area is 189 Å². The summed E-state index contributed by atoms with van der Waals surface area (Å²) in [5, 5.41) is 13.1. The van der Waals surface area contributed by atoms with Crippen molar-refractivity contribution in [1.29, 1.82) is 5.26 Å². The van der Waals surface area contributed by atoms with Gasteiger partial charge in [0.25, 0.3) is 0 Å². The average Bonchev–Trinajstić information content (AvgIpc) is 2.85. The summed E-state index contributed by atoms with van der Waals surface area (Å²) in [6.07, 6.45) is 8.43. The molecule has 5 rings (SSSR count). The molecule has 0 unspecified atom stereocenters. The molecule has 160 valence electrons. The van der Waals surface area contributed by atoms with Crippen LogP contribution in [0, 0.1) is 11.3 Å². The number of hydrogen-bond acceptors (Lipinski definition) is 7. The van der Waals surface area contributed by atoms with E-state index < -0.39 is 0 Å². The van der Waals surface area contributed by atoms with Gasteiger partial charge in [-0.05, 0) is 24.1 Å². The lowest BCUT2D eigenvalue weighted by molar-refractivity contribution is 0.694. The van der Waals surface area contributed by atoms with Crippen molar-refractivity contribution in [3.8, 4) is 6.07 Å². The lowest BCUT2D eigenvalue weighted by Gasteiger charge is -2.33. The van der Waals surface area contributed by atoms with Gasteiger partial charge in [-0.25, -0.2) is 9.97 Å². The summed E-state index contributed by atoms with van der Waals surface area (Å²) in [6.45, 7) is 5.12. The number of thiol groups is 1. The SMILES string of the molecule is C1=CN(c2ncnc3c2CCN(c2cccc4ccccc24)C3)CCN1.CC#N.CS. The van der Waals surface area contributed by atoms with Gasteiger partial charge in [-0.15, -0.1) is 0 Å². The predicted molar refractivity (Wildman–Crippen MR) is 131 cm³/mol. The van der Waals surface area contributed by atoms with Gasteiger partial charge in [0.05, 0.1) is 18.3 Å². The zero-order valence-corrected chi connectivity index (χ0v) is 18.9. The molecule has 6 nitrogen and oxygen atoms in total. The minimum Gasteiger partial charge on any atom is -0.388 e. The molecule has 2 aromatic carbocycles. The van der Waals surface area contributed by atoms with Crippen molar-refractivity contribution in [1.82, 2.24) is 15.3 Å². The molecule has 1 aromatic heterocycles. The number of anilines is 2. The van der Waals surface area contributed by atoms with Crippen LogP contribution < -0.4 is 15.1 Å². The molecule has 7 heteroatoms. The van der Waals surface area contributed by atoms with Crippen molar-refractivity contribution < 1.29 is 0 Å². The molecule has 2 aliphatic rings. The van der Waals surface area contributed by atoms with Crippen molar-refractivity contribution in [2.75, 3.05) is 35.7 Å². The molecule has 0 atom stereocenters. The first-order valence-electron chi connectivity index (χ1n) is 10.3. The Kier molecular flexibility index (Phi) is 8.13. The smallest absolute Gasteiger partial charge is 0.139 e. The van der Waals surface area contributed by atoms with Crippen LogP contribution in [0.15, 0.2) is 61.2 Å². The molecule has 0 radical (unpaired) electrons. The fourth-order valence-electron chi connectivity index (χ4n) is 3.94. The van der Waals surface area contributed by atoms with Gasteiger partial charge in [-0.1, -0.05) is 36.4 Å². The molecule has 2 aliphatic heterocycles. The van der Waals surface area contributed by atoms with E-state index >= 15 is 0 Å². The van der Waals surface area contributed by atoms with E-state index in [0.717, 1.165) is 44.1 Å². The molecule has 0 fully saturated rings. The van der Waals surface area contributed by atoms with Crippen LogP contribution in [0.2, 0.25) is 0 Å². The second kappa shape index (κ2) is 11.2. The maximum atomic E-state index is 7.32. The minimum absolute atomic E-state index is 0.828. The van der Waals surface area contributed by atoms with Crippen molar-refractivity contribution in [2.24, 2.45) is 0 Å². The maximum Gasteiger partial charge on any atom is 0.139 e. The molecular weight excluding hydrogens is 404 g/mol. The first-order valence-corrected chi connectivity index (χ1v) is 11.2. The lowest BCUT2D eigenvalue weighted by Crippen LogP contribution is -2.36. The van der Waals surface area contributed by atoms with Crippen LogP contribution in [0.5, 0.6) is 0 Å². The molecule has 0 spiro atoms. The second-order valence-electron chi connectivity index (χ2n) is 6.98. The summed E-state index contributed by atoms with van der Waals surface area (Å²) < 4.78 is 0. The zero-order valence-electron chi connectivity index (χ0n) is 18.0. The fraction of sp³-hybridized carbons (Fsp3) is 0.292. The van der Waals surface area contributed by atoms with Gasteiger partial charge >= 0.3 is 0 Å². The van der Waals surface area contributed by atoms with Crippen molar-refractivity contribution in [3.05, 3.63) is 72.4 Å². The van der Waals surface area contributed by atoms with Crippen molar-refractivity contribution >= 4 is 34.9 Å². The molecule has 1 N–H and O–H groups in total. The Bertz CT molecular complexity index is 1070. The Morgan fingerprint density at radius 3 is 2.61 bits per heavy atom. The van der Waals surface area contributed by atoms with Gasteiger partial charge in [0.2, 0.25) is 0 Å². The van der Waals surface area contributed by atoms with E-state index in [4.69, 9.17) is 5.26 Å². The first kappa shape index (κ1) is 22.4. The van der Waals surface area contributed by atoms with E-state index in [1.807, 2.05) is 6.20 Å². The summed E-state index contributed by atoms with van der Waals surface area (Å²) in [4.78, 5) is 13.9. The van der Waals surface area contributed by atoms with Gasteiger partial charge in [0.1, 0.15) is 12.1 Å². The number of nitrogens with one attached hydrogen (secondary N) is 1. The number of rotatable bonds is 2. The van der Waals surface area contributed by atoms with Crippen LogP contribution in [0.3, 0.4) is 0 Å². The highest BCUT2D eigenvalue weighted by Gasteiger charge is 2.24. The average molecular weight is 433 g/mol. The van der Waals surface area contributed by atoms with Crippen molar-refractivity contribution in [3.63, 3.8) is 0 Å². The summed E-state index contributed by atoms with van der Waals surface area (Å²) in [5.74, 6) is 1.06. The van der Waals surface area contributed by atoms with Gasteiger partial charge in [0.15, 0.2) is 0 Å². The molecule has 0 bridgehead atoms. The molecule has 3 heterocycles. The molecule has 0 amide bonds. The van der Waals surface area contributed by atoms with Crippen LogP contribution in [-0.4, -0.2) is 35.9 Å². The third kappa shape index (κ3) is 5.09. The summed E-state index contributed by atoms with van der Waals surface area (Å²) in [5.41, 5.74) is 3.72. The summed E-state index contributed by atoms with van der Waals surface area (Å²) in [7, 11) is 0. The predicted octanol–water partition coefficient (Wildman–Crippen LogP) is 4.15. The topological polar surface area (TPSA) is 68.1 Å². The molecular formula is C24H28N6S. The summed E-state index contributed by atoms with van der Waals surface area (Å²) in [6, 6.07) is 16.9. The highest BCUT2D eigenvalue weighted by Crippen LogP contribution is 2.32. The van der Waals surface area contributed by atoms with Gasteiger partial charge in [-0.3, -0.25) is 0 Å². The van der Waals surface area contributed by atoms with Crippen LogP contribution in [0.25, 0.3) is 10.8 Å².